The molecule has 2 aliphatic rings. The Hall–Kier alpha value is -1.92. The van der Waals surface area contributed by atoms with Crippen molar-refractivity contribution in [2.45, 2.75) is 16.0 Å². The van der Waals surface area contributed by atoms with E-state index >= 15 is 0 Å². The van der Waals surface area contributed by atoms with Gasteiger partial charge in [-0.1, -0.05) is 36.0 Å². The fourth-order valence-corrected chi connectivity index (χ4v) is 4.44. The van der Waals surface area contributed by atoms with Gasteiger partial charge in [-0.05, 0) is 36.9 Å². The second-order valence-corrected chi connectivity index (χ2v) is 7.75. The number of fused-ring (bicyclic) bond motifs is 2. The number of halogens is 3. The van der Waals surface area contributed by atoms with Gasteiger partial charge >= 0.3 is 6.18 Å². The van der Waals surface area contributed by atoms with E-state index < -0.39 is 11.7 Å². The Morgan fingerprint density at radius 3 is 2.38 bits per heavy atom. The Morgan fingerprint density at radius 1 is 0.923 bits per heavy atom. The third-order valence-corrected chi connectivity index (χ3v) is 6.01. The third-order valence-electron chi connectivity index (χ3n) is 4.86. The van der Waals surface area contributed by atoms with Gasteiger partial charge < -0.3 is 9.80 Å². The number of hydrogen-bond acceptors (Lipinski definition) is 3. The molecule has 0 saturated carbocycles. The molecule has 0 spiro atoms. The van der Waals surface area contributed by atoms with Gasteiger partial charge in [-0.3, -0.25) is 0 Å². The van der Waals surface area contributed by atoms with Crippen LogP contribution in [0, 0.1) is 0 Å². The summed E-state index contributed by atoms with van der Waals surface area (Å²) < 4.78 is 39.6. The zero-order valence-corrected chi connectivity index (χ0v) is 15.2. The summed E-state index contributed by atoms with van der Waals surface area (Å²) in [6, 6.07) is 12.0. The molecule has 136 valence electrons. The van der Waals surface area contributed by atoms with Crippen molar-refractivity contribution < 1.29 is 13.2 Å². The van der Waals surface area contributed by atoms with Gasteiger partial charge in [-0.25, -0.2) is 0 Å². The molecule has 0 amide bonds. The average molecular weight is 376 g/mol. The molecule has 1 saturated heterocycles. The minimum Gasteiger partial charge on any atom is -0.368 e. The van der Waals surface area contributed by atoms with E-state index in [1.807, 2.05) is 24.3 Å². The molecular formula is C20H19F3N2S. The maximum Gasteiger partial charge on any atom is 0.416 e. The minimum absolute atomic E-state index is 0.596. The van der Waals surface area contributed by atoms with Crippen LogP contribution in [0.5, 0.6) is 0 Å². The van der Waals surface area contributed by atoms with Gasteiger partial charge in [0.05, 0.1) is 5.56 Å². The number of alkyl halides is 3. The van der Waals surface area contributed by atoms with Crippen molar-refractivity contribution in [1.29, 1.82) is 0 Å². The van der Waals surface area contributed by atoms with Crippen LogP contribution in [0.2, 0.25) is 0 Å². The molecule has 0 N–H and O–H groups in total. The van der Waals surface area contributed by atoms with Crippen LogP contribution in [-0.4, -0.2) is 43.0 Å². The van der Waals surface area contributed by atoms with Crippen molar-refractivity contribution >= 4 is 23.5 Å². The van der Waals surface area contributed by atoms with Gasteiger partial charge in [0.1, 0.15) is 0 Å². The minimum atomic E-state index is -4.33. The van der Waals surface area contributed by atoms with Crippen LogP contribution in [0.1, 0.15) is 16.7 Å². The second-order valence-electron chi connectivity index (χ2n) is 6.67. The molecular weight excluding hydrogens is 357 g/mol. The largest absolute Gasteiger partial charge is 0.416 e. The van der Waals surface area contributed by atoms with E-state index in [9.17, 15) is 13.2 Å². The molecule has 0 aliphatic carbocycles. The number of rotatable bonds is 1. The Morgan fingerprint density at radius 2 is 1.65 bits per heavy atom. The number of likely N-dealkylation sites (N-methyl/N-ethyl adjacent to an activating group) is 1. The lowest BCUT2D eigenvalue weighted by Crippen LogP contribution is -2.43. The smallest absolute Gasteiger partial charge is 0.368 e. The fraction of sp³-hybridized carbons (Fsp3) is 0.300. The monoisotopic (exact) mass is 376 g/mol. The quantitative estimate of drug-likeness (QED) is 0.698. The summed E-state index contributed by atoms with van der Waals surface area (Å²) in [5.41, 5.74) is 2.35. The Balaban J connectivity index is 1.83. The average Bonchev–Trinajstić information content (AvgIpc) is 2.77. The van der Waals surface area contributed by atoms with Crippen molar-refractivity contribution in [3.63, 3.8) is 0 Å². The highest BCUT2D eigenvalue weighted by Gasteiger charge is 2.32. The van der Waals surface area contributed by atoms with Crippen LogP contribution in [-0.2, 0) is 6.18 Å². The van der Waals surface area contributed by atoms with E-state index in [0.717, 1.165) is 47.9 Å². The predicted molar refractivity (Wildman–Crippen MR) is 99.0 cm³/mol. The van der Waals surface area contributed by atoms with Crippen molar-refractivity contribution in [2.24, 2.45) is 0 Å². The summed E-state index contributed by atoms with van der Waals surface area (Å²) in [6.45, 7) is 3.63. The SMILES string of the molecule is CN1CCN(C2=Cc3ccccc3Sc3cc(C(F)(F)F)ccc32)CC1. The van der Waals surface area contributed by atoms with Crippen molar-refractivity contribution in [3.8, 4) is 0 Å². The van der Waals surface area contributed by atoms with Crippen LogP contribution >= 0.6 is 11.8 Å². The first-order valence-corrected chi connectivity index (χ1v) is 9.37. The first kappa shape index (κ1) is 17.5. The Kier molecular flexibility index (Phi) is 4.49. The van der Waals surface area contributed by atoms with E-state index in [1.54, 1.807) is 6.07 Å². The second kappa shape index (κ2) is 6.67. The van der Waals surface area contributed by atoms with Crippen molar-refractivity contribution in [1.82, 2.24) is 9.80 Å². The number of benzene rings is 2. The molecule has 0 unspecified atom stereocenters. The lowest BCUT2D eigenvalue weighted by molar-refractivity contribution is -0.137. The van der Waals surface area contributed by atoms with E-state index in [0.29, 0.717) is 4.90 Å². The number of nitrogens with zero attached hydrogens (tertiary/aromatic N) is 2. The molecule has 2 aromatic rings. The topological polar surface area (TPSA) is 6.48 Å². The molecule has 0 aromatic heterocycles. The van der Waals surface area contributed by atoms with Crippen molar-refractivity contribution in [3.05, 3.63) is 59.2 Å². The molecule has 2 aromatic carbocycles. The summed E-state index contributed by atoms with van der Waals surface area (Å²) in [4.78, 5) is 6.20. The van der Waals surface area contributed by atoms with E-state index in [2.05, 4.69) is 22.9 Å². The van der Waals surface area contributed by atoms with Crippen LogP contribution in [0.3, 0.4) is 0 Å². The van der Waals surface area contributed by atoms with Gasteiger partial charge in [0.25, 0.3) is 0 Å². The Labute approximate surface area is 155 Å². The molecule has 4 rings (SSSR count). The van der Waals surface area contributed by atoms with Gasteiger partial charge in [0, 0.05) is 47.2 Å². The highest BCUT2D eigenvalue weighted by atomic mass is 32.2. The summed E-state index contributed by atoms with van der Waals surface area (Å²) in [7, 11) is 2.09. The van der Waals surface area contributed by atoms with Gasteiger partial charge in [-0.2, -0.15) is 13.2 Å². The van der Waals surface area contributed by atoms with Gasteiger partial charge in [0.15, 0.2) is 0 Å². The first-order valence-electron chi connectivity index (χ1n) is 8.55. The summed E-state index contributed by atoms with van der Waals surface area (Å²) in [5.74, 6) is 0. The van der Waals surface area contributed by atoms with Crippen LogP contribution in [0.25, 0.3) is 11.8 Å². The van der Waals surface area contributed by atoms with Crippen LogP contribution < -0.4 is 0 Å². The molecule has 6 heteroatoms. The van der Waals surface area contributed by atoms with Gasteiger partial charge in [-0.15, -0.1) is 0 Å². The molecule has 0 radical (unpaired) electrons. The standard InChI is InChI=1S/C20H19F3N2S/c1-24-8-10-25(11-9-24)17-12-14-4-2-3-5-18(14)26-19-13-15(20(21,22)23)6-7-16(17)19/h2-7,12-13H,8-11H2,1H3. The first-order chi connectivity index (χ1) is 12.4. The highest BCUT2D eigenvalue weighted by molar-refractivity contribution is 7.99. The number of hydrogen-bond donors (Lipinski definition) is 0. The molecule has 2 nitrogen and oxygen atoms in total. The Bertz CT molecular complexity index is 852. The normalized spacial score (nSPS) is 18.0. The van der Waals surface area contributed by atoms with E-state index in [-0.39, 0.29) is 0 Å². The zero-order chi connectivity index (χ0) is 18.3. The number of piperazine rings is 1. The molecule has 2 heterocycles. The zero-order valence-electron chi connectivity index (χ0n) is 14.4. The lowest BCUT2D eigenvalue weighted by Gasteiger charge is -2.36. The molecule has 2 aliphatic heterocycles. The molecule has 1 fully saturated rings. The van der Waals surface area contributed by atoms with Crippen LogP contribution in [0.4, 0.5) is 13.2 Å². The highest BCUT2D eigenvalue weighted by Crippen LogP contribution is 2.43. The van der Waals surface area contributed by atoms with Crippen LogP contribution in [0.15, 0.2) is 52.3 Å². The lowest BCUT2D eigenvalue weighted by atomic mass is 10.0. The third kappa shape index (κ3) is 3.35. The maximum atomic E-state index is 13.2. The van der Waals surface area contributed by atoms with Gasteiger partial charge in [0.2, 0.25) is 0 Å². The fourth-order valence-electron chi connectivity index (χ4n) is 3.34. The maximum absolute atomic E-state index is 13.2. The van der Waals surface area contributed by atoms with E-state index in [4.69, 9.17) is 0 Å². The summed E-state index contributed by atoms with van der Waals surface area (Å²) in [6.07, 6.45) is -2.22. The molecule has 26 heavy (non-hydrogen) atoms. The summed E-state index contributed by atoms with van der Waals surface area (Å²) >= 11 is 1.41. The molecule has 0 atom stereocenters. The summed E-state index contributed by atoms with van der Waals surface area (Å²) in [5, 5.41) is 0. The van der Waals surface area contributed by atoms with E-state index in [1.165, 1.54) is 23.9 Å². The predicted octanol–water partition coefficient (Wildman–Crippen LogP) is 4.92. The van der Waals surface area contributed by atoms with Crippen molar-refractivity contribution in [2.75, 3.05) is 33.2 Å². The molecule has 0 bridgehead atoms.